The molecule has 2 aliphatic heterocycles. The van der Waals surface area contributed by atoms with Crippen molar-refractivity contribution in [2.24, 2.45) is 11.7 Å². The number of primary amides is 1. The minimum atomic E-state index is -3.48. The number of rotatable bonds is 14. The normalized spacial score (nSPS) is 23.4. The minimum absolute atomic E-state index is 0.0829. The number of ketones is 1. The Hall–Kier alpha value is -3.13. The topological polar surface area (TPSA) is 178 Å². The van der Waals surface area contributed by atoms with E-state index in [0.717, 1.165) is 31.1 Å². The number of allylic oxidation sites excluding steroid dienone is 2. The van der Waals surface area contributed by atoms with Gasteiger partial charge in [0.15, 0.2) is 15.6 Å². The third-order valence-corrected chi connectivity index (χ3v) is 9.60. The summed E-state index contributed by atoms with van der Waals surface area (Å²) in [4.78, 5) is 56.0. The second-order valence-corrected chi connectivity index (χ2v) is 14.0. The van der Waals surface area contributed by atoms with E-state index in [2.05, 4.69) is 10.6 Å². The predicted octanol–water partition coefficient (Wildman–Crippen LogP) is 0.284. The number of carbonyl (C=O) groups is 4. The van der Waals surface area contributed by atoms with Gasteiger partial charge in [-0.1, -0.05) is 23.8 Å². The number of carbonyl (C=O) groups excluding carboxylic acids is 4. The van der Waals surface area contributed by atoms with Gasteiger partial charge >= 0.3 is 0 Å². The lowest BCUT2D eigenvalue weighted by molar-refractivity contribution is -0.142. The molecule has 4 N–H and O–H groups in total. The lowest BCUT2D eigenvalue weighted by Crippen LogP contribution is -2.68. The molecule has 0 aromatic heterocycles. The van der Waals surface area contributed by atoms with Gasteiger partial charge < -0.3 is 25.8 Å². The lowest BCUT2D eigenvalue weighted by Gasteiger charge is -2.40. The second-order valence-electron chi connectivity index (χ2n) is 12.0. The monoisotopic (exact) mass is 618 g/mol. The third kappa shape index (κ3) is 8.08. The van der Waals surface area contributed by atoms with Crippen molar-refractivity contribution in [3.8, 4) is 0 Å². The number of sulfone groups is 1. The minimum Gasteiger partial charge on any atom is -0.379 e. The second kappa shape index (κ2) is 13.2. The summed E-state index contributed by atoms with van der Waals surface area (Å²) in [7, 11) is -3.48. The fraction of sp³-hybridized carbons (Fsp3) is 0.600. The Morgan fingerprint density at radius 2 is 1.79 bits per heavy atom. The Morgan fingerprint density at radius 3 is 2.33 bits per heavy atom. The van der Waals surface area contributed by atoms with Gasteiger partial charge in [0, 0.05) is 25.8 Å². The molecule has 0 bridgehead atoms. The zero-order chi connectivity index (χ0) is 31.4. The van der Waals surface area contributed by atoms with E-state index >= 15 is 0 Å². The van der Waals surface area contributed by atoms with Crippen LogP contribution in [-0.2, 0) is 44.9 Å². The maximum atomic E-state index is 14.0. The Kier molecular flexibility index (Phi) is 10.1. The number of hydrogen-bond acceptors (Lipinski definition) is 9. The molecule has 1 aromatic rings. The van der Waals surface area contributed by atoms with Crippen LogP contribution in [0, 0.1) is 5.92 Å². The molecule has 2 saturated heterocycles. The molecule has 1 aromatic carbocycles. The summed E-state index contributed by atoms with van der Waals surface area (Å²) in [5.41, 5.74) is 4.57. The standard InChI is InChI=1S/C30H42N4O8S/c1-20(32-25(35)18-34-12-14-41-15-13-34)27(37)33-30(28(31)38,17-22-8-10-23(11-9-22)43(3,39)40)24(16-21-6-4-5-7-21)26(36)29(2)19-42-29/h6,8-11,20,24H,4-5,7,12-19H2,1-3H3,(H2,31,38)(H,32,35)(H,33,37)/t20-,24+,29+,30?/m0/s1. The Labute approximate surface area is 252 Å². The van der Waals surface area contributed by atoms with E-state index in [9.17, 15) is 27.6 Å². The van der Waals surface area contributed by atoms with Crippen molar-refractivity contribution >= 4 is 33.3 Å². The van der Waals surface area contributed by atoms with E-state index in [-0.39, 0.29) is 42.6 Å². The van der Waals surface area contributed by atoms with Crippen molar-refractivity contribution in [3.05, 3.63) is 41.5 Å². The van der Waals surface area contributed by atoms with Crippen molar-refractivity contribution in [3.63, 3.8) is 0 Å². The largest absolute Gasteiger partial charge is 0.379 e. The summed E-state index contributed by atoms with van der Waals surface area (Å²) in [5, 5.41) is 5.49. The molecule has 236 valence electrons. The van der Waals surface area contributed by atoms with Crippen molar-refractivity contribution in [1.29, 1.82) is 0 Å². The number of ether oxygens (including phenoxy) is 2. The summed E-state index contributed by atoms with van der Waals surface area (Å²) < 4.78 is 34.9. The number of nitrogens with one attached hydrogen (secondary N) is 2. The smallest absolute Gasteiger partial charge is 0.244 e. The van der Waals surface area contributed by atoms with E-state index in [1.54, 1.807) is 19.1 Å². The average molecular weight is 619 g/mol. The van der Waals surface area contributed by atoms with Crippen LogP contribution >= 0.6 is 0 Å². The first-order valence-electron chi connectivity index (χ1n) is 14.6. The van der Waals surface area contributed by atoms with Gasteiger partial charge in [-0.05, 0) is 57.2 Å². The summed E-state index contributed by atoms with van der Waals surface area (Å²) in [6.07, 6.45) is 5.66. The first-order valence-corrected chi connectivity index (χ1v) is 16.5. The van der Waals surface area contributed by atoms with Gasteiger partial charge in [-0.2, -0.15) is 0 Å². The molecule has 3 amide bonds. The molecule has 0 saturated carbocycles. The van der Waals surface area contributed by atoms with Crippen LogP contribution in [0.25, 0.3) is 0 Å². The van der Waals surface area contributed by atoms with Gasteiger partial charge in [-0.15, -0.1) is 0 Å². The van der Waals surface area contributed by atoms with Crippen molar-refractivity contribution in [2.45, 2.75) is 68.0 Å². The molecule has 4 atom stereocenters. The molecule has 2 fully saturated rings. The number of epoxide rings is 1. The van der Waals surface area contributed by atoms with Gasteiger partial charge in [0.1, 0.15) is 17.2 Å². The quantitative estimate of drug-likeness (QED) is 0.195. The van der Waals surface area contributed by atoms with Crippen LogP contribution < -0.4 is 16.4 Å². The maximum absolute atomic E-state index is 14.0. The first kappa shape index (κ1) is 32.8. The number of Topliss-reactive ketones (excluding diaryl/α,β-unsaturated/α-hetero) is 1. The number of hydrogen-bond donors (Lipinski definition) is 3. The zero-order valence-electron chi connectivity index (χ0n) is 25.0. The summed E-state index contributed by atoms with van der Waals surface area (Å²) in [6.45, 7) is 5.64. The van der Waals surface area contributed by atoms with Gasteiger partial charge in [0.25, 0.3) is 0 Å². The number of nitrogens with two attached hydrogens (primary N) is 1. The van der Waals surface area contributed by atoms with Crippen LogP contribution in [0.15, 0.2) is 40.8 Å². The predicted molar refractivity (Wildman–Crippen MR) is 158 cm³/mol. The van der Waals surface area contributed by atoms with E-state index < -0.39 is 44.8 Å². The van der Waals surface area contributed by atoms with Gasteiger partial charge in [-0.25, -0.2) is 8.42 Å². The molecular weight excluding hydrogens is 576 g/mol. The molecule has 1 aliphatic carbocycles. The average Bonchev–Trinajstić information content (AvgIpc) is 3.49. The number of morpholine rings is 1. The number of amides is 3. The highest BCUT2D eigenvalue weighted by Gasteiger charge is 2.58. The highest BCUT2D eigenvalue weighted by atomic mass is 32.2. The SMILES string of the molecule is C[C@H](NC(=O)CN1CCOCC1)C(=O)NC(Cc1ccc(S(C)(=O)=O)cc1)(C(N)=O)[C@H](CC1=CCCC1)C(=O)[C@@]1(C)CO1. The third-order valence-electron chi connectivity index (χ3n) is 8.47. The van der Waals surface area contributed by atoms with Crippen LogP contribution in [0.5, 0.6) is 0 Å². The fourth-order valence-corrected chi connectivity index (χ4v) is 6.32. The molecule has 4 rings (SSSR count). The van der Waals surface area contributed by atoms with Crippen LogP contribution in [-0.4, -0.2) is 99.7 Å². The highest BCUT2D eigenvalue weighted by molar-refractivity contribution is 7.90. The van der Waals surface area contributed by atoms with E-state index in [4.69, 9.17) is 15.2 Å². The molecule has 43 heavy (non-hydrogen) atoms. The zero-order valence-corrected chi connectivity index (χ0v) is 25.8. The molecule has 13 heteroatoms. The first-order chi connectivity index (χ1) is 20.2. The van der Waals surface area contributed by atoms with E-state index in [1.807, 2.05) is 11.0 Å². The van der Waals surface area contributed by atoms with E-state index in [1.165, 1.54) is 19.1 Å². The Bertz CT molecular complexity index is 1370. The number of benzene rings is 1. The van der Waals surface area contributed by atoms with Crippen molar-refractivity contribution in [2.75, 3.05) is 45.7 Å². The molecular formula is C30H42N4O8S. The van der Waals surface area contributed by atoms with Crippen LogP contribution in [0.2, 0.25) is 0 Å². The van der Waals surface area contributed by atoms with Crippen LogP contribution in [0.1, 0.15) is 45.1 Å². The highest BCUT2D eigenvalue weighted by Crippen LogP contribution is 2.40. The van der Waals surface area contributed by atoms with Gasteiger partial charge in [-0.3, -0.25) is 24.1 Å². The van der Waals surface area contributed by atoms with Gasteiger partial charge in [0.2, 0.25) is 17.7 Å². The molecule has 0 radical (unpaired) electrons. The Morgan fingerprint density at radius 1 is 1.14 bits per heavy atom. The molecule has 3 aliphatic rings. The van der Waals surface area contributed by atoms with E-state index in [0.29, 0.717) is 31.9 Å². The van der Waals surface area contributed by atoms with Gasteiger partial charge in [0.05, 0.1) is 37.2 Å². The molecule has 12 nitrogen and oxygen atoms in total. The lowest BCUT2D eigenvalue weighted by atomic mass is 9.70. The van der Waals surface area contributed by atoms with Crippen LogP contribution in [0.3, 0.4) is 0 Å². The summed E-state index contributed by atoms with van der Waals surface area (Å²) in [5.74, 6) is -3.39. The summed E-state index contributed by atoms with van der Waals surface area (Å²) in [6, 6.07) is 4.86. The molecule has 1 unspecified atom stereocenters. The fourth-order valence-electron chi connectivity index (χ4n) is 5.69. The van der Waals surface area contributed by atoms with Crippen LogP contribution in [0.4, 0.5) is 0 Å². The number of nitrogens with zero attached hydrogens (tertiary/aromatic N) is 1. The molecule has 2 heterocycles. The summed E-state index contributed by atoms with van der Waals surface area (Å²) >= 11 is 0. The Balaban J connectivity index is 1.66. The van der Waals surface area contributed by atoms with Crippen molar-refractivity contribution in [1.82, 2.24) is 15.5 Å². The molecule has 0 spiro atoms. The van der Waals surface area contributed by atoms with Crippen molar-refractivity contribution < 1.29 is 37.1 Å². The maximum Gasteiger partial charge on any atom is 0.244 e.